The van der Waals surface area contributed by atoms with Gasteiger partial charge in [0.1, 0.15) is 10.6 Å². The van der Waals surface area contributed by atoms with Gasteiger partial charge >= 0.3 is 0 Å². The van der Waals surface area contributed by atoms with Gasteiger partial charge in [-0.2, -0.15) is 0 Å². The Hall–Kier alpha value is -2.31. The Balaban J connectivity index is 1.59. The van der Waals surface area contributed by atoms with E-state index in [-0.39, 0.29) is 12.3 Å². The molecule has 1 aliphatic rings. The monoisotopic (exact) mass is 388 g/mol. The van der Waals surface area contributed by atoms with Gasteiger partial charge in [-0.3, -0.25) is 9.59 Å². The van der Waals surface area contributed by atoms with Crippen LogP contribution >= 0.6 is 22.9 Å². The Morgan fingerprint density at radius 3 is 2.88 bits per heavy atom. The highest BCUT2D eigenvalue weighted by Crippen LogP contribution is 2.38. The van der Waals surface area contributed by atoms with Crippen LogP contribution in [0.4, 0.5) is 5.00 Å². The van der Waals surface area contributed by atoms with Crippen molar-refractivity contribution in [2.24, 2.45) is 5.73 Å². The fourth-order valence-corrected chi connectivity index (χ4v) is 4.93. The number of halogens is 1. The third kappa shape index (κ3) is 3.10. The zero-order valence-corrected chi connectivity index (χ0v) is 15.5. The fourth-order valence-electron chi connectivity index (χ4n) is 3.45. The molecule has 0 spiro atoms. The number of hydrogen-bond acceptors (Lipinski definition) is 4. The van der Waals surface area contributed by atoms with Crippen LogP contribution < -0.4 is 11.1 Å². The standard InChI is InChI=1S/C19H17ClN2O3S/c20-11-5-6-14-13(8-11)10(9-25-14)7-16(23)22-19-17(18(21)24)12-3-1-2-4-15(12)26-19/h5-6,8-9H,1-4,7H2,(H2,21,24)(H,22,23). The Morgan fingerprint density at radius 2 is 2.08 bits per heavy atom. The number of thiophene rings is 1. The van der Waals surface area contributed by atoms with Crippen molar-refractivity contribution in [3.63, 3.8) is 0 Å². The van der Waals surface area contributed by atoms with Gasteiger partial charge in [0.25, 0.3) is 5.91 Å². The first kappa shape index (κ1) is 17.1. The normalized spacial score (nSPS) is 13.6. The molecule has 4 rings (SSSR count). The molecule has 7 heteroatoms. The maximum absolute atomic E-state index is 12.6. The zero-order chi connectivity index (χ0) is 18.3. The lowest BCUT2D eigenvalue weighted by molar-refractivity contribution is -0.115. The van der Waals surface area contributed by atoms with Crippen molar-refractivity contribution in [2.75, 3.05) is 5.32 Å². The minimum Gasteiger partial charge on any atom is -0.464 e. The molecule has 2 aromatic heterocycles. The quantitative estimate of drug-likeness (QED) is 0.698. The van der Waals surface area contributed by atoms with Crippen molar-refractivity contribution in [3.8, 4) is 0 Å². The number of hydrogen-bond donors (Lipinski definition) is 2. The molecule has 0 radical (unpaired) electrons. The van der Waals surface area contributed by atoms with Gasteiger partial charge in [0.15, 0.2) is 0 Å². The van der Waals surface area contributed by atoms with Gasteiger partial charge in [-0.25, -0.2) is 0 Å². The van der Waals surface area contributed by atoms with E-state index in [1.165, 1.54) is 11.3 Å². The largest absolute Gasteiger partial charge is 0.464 e. The summed E-state index contributed by atoms with van der Waals surface area (Å²) in [6, 6.07) is 5.30. The lowest BCUT2D eigenvalue weighted by Crippen LogP contribution is -2.19. The molecule has 134 valence electrons. The number of nitrogens with one attached hydrogen (secondary N) is 1. The fraction of sp³-hybridized carbons (Fsp3) is 0.263. The van der Waals surface area contributed by atoms with E-state index in [1.807, 2.05) is 0 Å². The van der Waals surface area contributed by atoms with Crippen LogP contribution in [0.15, 0.2) is 28.9 Å². The number of amides is 2. The third-order valence-electron chi connectivity index (χ3n) is 4.64. The summed E-state index contributed by atoms with van der Waals surface area (Å²) >= 11 is 7.50. The Labute approximate surface area is 159 Å². The van der Waals surface area contributed by atoms with Gasteiger partial charge in [0.2, 0.25) is 5.91 Å². The van der Waals surface area contributed by atoms with Crippen molar-refractivity contribution >= 4 is 50.7 Å². The number of nitrogens with two attached hydrogens (primary N) is 1. The van der Waals surface area contributed by atoms with Crippen LogP contribution in [0.2, 0.25) is 5.02 Å². The first-order valence-electron chi connectivity index (χ1n) is 8.42. The summed E-state index contributed by atoms with van der Waals surface area (Å²) in [5, 5.41) is 4.83. The van der Waals surface area contributed by atoms with Crippen molar-refractivity contribution in [1.29, 1.82) is 0 Å². The molecule has 0 bridgehead atoms. The molecule has 2 heterocycles. The van der Waals surface area contributed by atoms with Gasteiger partial charge in [0, 0.05) is 20.8 Å². The van der Waals surface area contributed by atoms with Crippen LogP contribution in [0.3, 0.4) is 0 Å². The zero-order valence-electron chi connectivity index (χ0n) is 13.9. The SMILES string of the molecule is NC(=O)c1c(NC(=O)Cc2coc3ccc(Cl)cc23)sc2c1CCCC2. The molecule has 0 saturated heterocycles. The predicted octanol–water partition coefficient (Wildman–Crippen LogP) is 4.31. The number of carbonyl (C=O) groups is 2. The van der Waals surface area contributed by atoms with E-state index in [2.05, 4.69) is 5.32 Å². The minimum absolute atomic E-state index is 0.133. The van der Waals surface area contributed by atoms with E-state index < -0.39 is 5.91 Å². The molecule has 3 N–H and O–H groups in total. The third-order valence-corrected chi connectivity index (χ3v) is 6.08. The number of aryl methyl sites for hydroxylation is 1. The number of fused-ring (bicyclic) bond motifs is 2. The molecular weight excluding hydrogens is 372 g/mol. The van der Waals surface area contributed by atoms with Crippen LogP contribution in [0.25, 0.3) is 11.0 Å². The summed E-state index contributed by atoms with van der Waals surface area (Å²) in [6.07, 6.45) is 5.61. The van der Waals surface area contributed by atoms with Crippen LogP contribution in [0, 0.1) is 0 Å². The van der Waals surface area contributed by atoms with Gasteiger partial charge in [-0.15, -0.1) is 11.3 Å². The lowest BCUT2D eigenvalue weighted by Gasteiger charge is -2.11. The van der Waals surface area contributed by atoms with Gasteiger partial charge in [-0.05, 0) is 49.4 Å². The number of benzene rings is 1. The summed E-state index contributed by atoms with van der Waals surface area (Å²) in [4.78, 5) is 25.6. The highest BCUT2D eigenvalue weighted by molar-refractivity contribution is 7.17. The second-order valence-corrected chi connectivity index (χ2v) is 7.95. The summed E-state index contributed by atoms with van der Waals surface area (Å²) < 4.78 is 5.47. The summed E-state index contributed by atoms with van der Waals surface area (Å²) in [6.45, 7) is 0. The van der Waals surface area contributed by atoms with E-state index in [4.69, 9.17) is 21.8 Å². The molecule has 2 amide bonds. The average Bonchev–Trinajstić information content (AvgIpc) is 3.15. The molecule has 0 fully saturated rings. The van der Waals surface area contributed by atoms with Gasteiger partial charge in [-0.1, -0.05) is 11.6 Å². The van der Waals surface area contributed by atoms with Crippen molar-refractivity contribution < 1.29 is 14.0 Å². The van der Waals surface area contributed by atoms with E-state index in [0.29, 0.717) is 21.2 Å². The van der Waals surface area contributed by atoms with Crippen molar-refractivity contribution in [3.05, 3.63) is 51.1 Å². The molecule has 1 aromatic carbocycles. The summed E-state index contributed by atoms with van der Waals surface area (Å²) in [7, 11) is 0. The van der Waals surface area contributed by atoms with E-state index >= 15 is 0 Å². The summed E-state index contributed by atoms with van der Waals surface area (Å²) in [5.74, 6) is -0.700. The molecular formula is C19H17ClN2O3S. The molecule has 0 aliphatic heterocycles. The molecule has 1 aliphatic carbocycles. The Morgan fingerprint density at radius 1 is 1.27 bits per heavy atom. The predicted molar refractivity (Wildman–Crippen MR) is 103 cm³/mol. The smallest absolute Gasteiger partial charge is 0.251 e. The first-order valence-corrected chi connectivity index (χ1v) is 9.62. The van der Waals surface area contributed by atoms with Crippen LogP contribution in [0.5, 0.6) is 0 Å². The molecule has 26 heavy (non-hydrogen) atoms. The van der Waals surface area contributed by atoms with Crippen molar-refractivity contribution in [1.82, 2.24) is 0 Å². The molecule has 0 unspecified atom stereocenters. The second kappa shape index (κ2) is 6.78. The highest BCUT2D eigenvalue weighted by atomic mass is 35.5. The maximum atomic E-state index is 12.6. The molecule has 0 saturated carbocycles. The Kier molecular flexibility index (Phi) is 4.46. The van der Waals surface area contributed by atoms with E-state index in [0.717, 1.165) is 47.1 Å². The van der Waals surface area contributed by atoms with E-state index in [9.17, 15) is 9.59 Å². The maximum Gasteiger partial charge on any atom is 0.251 e. The number of primary amides is 1. The topological polar surface area (TPSA) is 85.3 Å². The number of anilines is 1. The Bertz CT molecular complexity index is 1020. The van der Waals surface area contributed by atoms with Crippen LogP contribution in [-0.4, -0.2) is 11.8 Å². The van der Waals surface area contributed by atoms with Gasteiger partial charge < -0.3 is 15.5 Å². The lowest BCUT2D eigenvalue weighted by atomic mass is 9.95. The van der Waals surface area contributed by atoms with E-state index in [1.54, 1.807) is 24.5 Å². The highest BCUT2D eigenvalue weighted by Gasteiger charge is 2.25. The number of rotatable bonds is 4. The van der Waals surface area contributed by atoms with Crippen LogP contribution in [-0.2, 0) is 24.1 Å². The minimum atomic E-state index is -0.486. The van der Waals surface area contributed by atoms with Crippen LogP contribution in [0.1, 0.15) is 39.2 Å². The summed E-state index contributed by atoms with van der Waals surface area (Å²) in [5.41, 5.74) is 8.48. The number of carbonyl (C=O) groups excluding carboxylic acids is 2. The second-order valence-electron chi connectivity index (χ2n) is 6.41. The first-order chi connectivity index (χ1) is 12.5. The van der Waals surface area contributed by atoms with Gasteiger partial charge in [0.05, 0.1) is 18.2 Å². The molecule has 0 atom stereocenters. The molecule has 3 aromatic rings. The molecule has 5 nitrogen and oxygen atoms in total. The number of furan rings is 1. The average molecular weight is 389 g/mol. The van der Waals surface area contributed by atoms with Crippen molar-refractivity contribution in [2.45, 2.75) is 32.1 Å².